The van der Waals surface area contributed by atoms with Crippen molar-refractivity contribution in [3.05, 3.63) is 30.1 Å². The molecule has 16 heavy (non-hydrogen) atoms. The van der Waals surface area contributed by atoms with Crippen LogP contribution in [0, 0.1) is 5.82 Å². The van der Waals surface area contributed by atoms with Crippen LogP contribution in [0.2, 0.25) is 0 Å². The zero-order valence-electron chi connectivity index (χ0n) is 9.07. The molecule has 1 rings (SSSR count). The van der Waals surface area contributed by atoms with E-state index >= 15 is 0 Å². The number of rotatable bonds is 5. The lowest BCUT2D eigenvalue weighted by Gasteiger charge is -2.09. The summed E-state index contributed by atoms with van der Waals surface area (Å²) < 4.78 is 18.0. The van der Waals surface area contributed by atoms with Gasteiger partial charge in [-0.25, -0.2) is 4.39 Å². The van der Waals surface area contributed by atoms with E-state index in [0.717, 1.165) is 0 Å². The van der Waals surface area contributed by atoms with E-state index in [1.807, 2.05) is 0 Å². The highest BCUT2D eigenvalue weighted by Crippen LogP contribution is 2.11. The first-order valence-corrected chi connectivity index (χ1v) is 5.01. The first-order chi connectivity index (χ1) is 7.59. The largest absolute Gasteiger partial charge is 0.492 e. The predicted octanol–water partition coefficient (Wildman–Crippen LogP) is 0.668. The molecule has 88 valence electrons. The van der Waals surface area contributed by atoms with Crippen LogP contribution in [0.25, 0.3) is 0 Å². The molecule has 5 heteroatoms. The van der Waals surface area contributed by atoms with Gasteiger partial charge in [-0.15, -0.1) is 0 Å². The molecule has 0 spiro atoms. The summed E-state index contributed by atoms with van der Waals surface area (Å²) in [5, 5.41) is 2.58. The minimum atomic E-state index is -0.533. The van der Waals surface area contributed by atoms with Gasteiger partial charge in [-0.2, -0.15) is 0 Å². The molecule has 0 aliphatic carbocycles. The summed E-state index contributed by atoms with van der Waals surface area (Å²) in [5.74, 6) is -0.144. The predicted molar refractivity (Wildman–Crippen MR) is 58.6 cm³/mol. The Kier molecular flexibility index (Phi) is 4.72. The normalized spacial score (nSPS) is 11.9. The van der Waals surface area contributed by atoms with Gasteiger partial charge in [-0.1, -0.05) is 6.07 Å². The van der Waals surface area contributed by atoms with Gasteiger partial charge >= 0.3 is 0 Å². The highest BCUT2D eigenvalue weighted by molar-refractivity contribution is 5.80. The number of carbonyl (C=O) groups excluding carboxylic acids is 1. The molecule has 0 saturated heterocycles. The molecule has 0 fully saturated rings. The maximum Gasteiger partial charge on any atom is 0.236 e. The zero-order chi connectivity index (χ0) is 12.0. The fraction of sp³-hybridized carbons (Fsp3) is 0.364. The summed E-state index contributed by atoms with van der Waals surface area (Å²) in [6, 6.07) is 5.30. The number of nitrogens with two attached hydrogens (primary N) is 1. The number of hydrogen-bond acceptors (Lipinski definition) is 3. The summed E-state index contributed by atoms with van der Waals surface area (Å²) in [6.07, 6.45) is 0. The van der Waals surface area contributed by atoms with Crippen molar-refractivity contribution >= 4 is 5.91 Å². The molecule has 0 bridgehead atoms. The molecule has 1 amide bonds. The van der Waals surface area contributed by atoms with Gasteiger partial charge in [0.1, 0.15) is 18.2 Å². The van der Waals surface area contributed by atoms with Gasteiger partial charge in [0, 0.05) is 6.07 Å². The number of benzene rings is 1. The van der Waals surface area contributed by atoms with Crippen LogP contribution in [-0.2, 0) is 4.79 Å². The molecule has 0 aliphatic heterocycles. The second-order valence-corrected chi connectivity index (χ2v) is 3.39. The standard InChI is InChI=1S/C11H15FN2O2/c1-8(13)11(15)14-5-6-16-10-4-2-3-9(12)7-10/h2-4,7-8H,5-6,13H2,1H3,(H,14,15). The molecule has 0 aliphatic rings. The smallest absolute Gasteiger partial charge is 0.236 e. The summed E-state index contributed by atoms with van der Waals surface area (Å²) in [5.41, 5.74) is 5.35. The average molecular weight is 226 g/mol. The minimum absolute atomic E-state index is 0.233. The van der Waals surface area contributed by atoms with Crippen LogP contribution in [0.5, 0.6) is 5.75 Å². The van der Waals surface area contributed by atoms with E-state index in [4.69, 9.17) is 10.5 Å². The minimum Gasteiger partial charge on any atom is -0.492 e. The topological polar surface area (TPSA) is 64.4 Å². The molecule has 0 aromatic heterocycles. The Morgan fingerprint density at radius 1 is 1.62 bits per heavy atom. The molecule has 1 aromatic rings. The van der Waals surface area contributed by atoms with Crippen LogP contribution in [0.1, 0.15) is 6.92 Å². The third kappa shape index (κ3) is 4.27. The van der Waals surface area contributed by atoms with E-state index in [2.05, 4.69) is 5.32 Å². The maximum atomic E-state index is 12.7. The number of hydrogen-bond donors (Lipinski definition) is 2. The number of halogens is 1. The molecule has 3 N–H and O–H groups in total. The molecule has 4 nitrogen and oxygen atoms in total. The van der Waals surface area contributed by atoms with Gasteiger partial charge < -0.3 is 15.8 Å². The lowest BCUT2D eigenvalue weighted by Crippen LogP contribution is -2.40. The van der Waals surface area contributed by atoms with Crippen LogP contribution in [0.4, 0.5) is 4.39 Å². The molecule has 1 atom stereocenters. The molecule has 0 saturated carbocycles. The Morgan fingerprint density at radius 2 is 2.38 bits per heavy atom. The van der Waals surface area contributed by atoms with Gasteiger partial charge in [-0.3, -0.25) is 4.79 Å². The summed E-state index contributed by atoms with van der Waals surface area (Å²) in [6.45, 7) is 2.22. The number of ether oxygens (including phenoxy) is 1. The second kappa shape index (κ2) is 6.07. The van der Waals surface area contributed by atoms with Crippen molar-refractivity contribution in [1.29, 1.82) is 0 Å². The van der Waals surface area contributed by atoms with Crippen LogP contribution >= 0.6 is 0 Å². The van der Waals surface area contributed by atoms with Gasteiger partial charge in [0.2, 0.25) is 5.91 Å². The molecule has 0 heterocycles. The van der Waals surface area contributed by atoms with Crippen LogP contribution < -0.4 is 15.8 Å². The van der Waals surface area contributed by atoms with Gasteiger partial charge in [0.15, 0.2) is 0 Å². The lowest BCUT2D eigenvalue weighted by molar-refractivity contribution is -0.122. The Balaban J connectivity index is 2.23. The molecular weight excluding hydrogens is 211 g/mol. The average Bonchev–Trinajstić information content (AvgIpc) is 2.24. The fourth-order valence-corrected chi connectivity index (χ4v) is 1.06. The van der Waals surface area contributed by atoms with Crippen molar-refractivity contribution in [1.82, 2.24) is 5.32 Å². The van der Waals surface area contributed by atoms with E-state index in [0.29, 0.717) is 12.3 Å². The Labute approximate surface area is 93.6 Å². The summed E-state index contributed by atoms with van der Waals surface area (Å²) in [7, 11) is 0. The van der Waals surface area contributed by atoms with Gasteiger partial charge in [0.25, 0.3) is 0 Å². The number of amides is 1. The van der Waals surface area contributed by atoms with Crippen LogP contribution in [0.15, 0.2) is 24.3 Å². The first-order valence-electron chi connectivity index (χ1n) is 5.01. The van der Waals surface area contributed by atoms with Crippen molar-refractivity contribution in [2.24, 2.45) is 5.73 Å². The highest BCUT2D eigenvalue weighted by atomic mass is 19.1. The third-order valence-electron chi connectivity index (χ3n) is 1.88. The van der Waals surface area contributed by atoms with Crippen molar-refractivity contribution in [3.8, 4) is 5.75 Å². The Hall–Kier alpha value is -1.62. The SMILES string of the molecule is CC(N)C(=O)NCCOc1cccc(F)c1. The summed E-state index contributed by atoms with van der Waals surface area (Å²) >= 11 is 0. The van der Waals surface area contributed by atoms with Crippen LogP contribution in [0.3, 0.4) is 0 Å². The second-order valence-electron chi connectivity index (χ2n) is 3.39. The van der Waals surface area contributed by atoms with Crippen molar-refractivity contribution in [2.75, 3.05) is 13.2 Å². The van der Waals surface area contributed by atoms with E-state index in [9.17, 15) is 9.18 Å². The zero-order valence-corrected chi connectivity index (χ0v) is 9.07. The fourth-order valence-electron chi connectivity index (χ4n) is 1.06. The summed E-state index contributed by atoms with van der Waals surface area (Å²) in [4.78, 5) is 11.1. The number of carbonyl (C=O) groups is 1. The highest BCUT2D eigenvalue weighted by Gasteiger charge is 2.05. The quantitative estimate of drug-likeness (QED) is 0.725. The van der Waals surface area contributed by atoms with Gasteiger partial charge in [-0.05, 0) is 19.1 Å². The molecule has 1 aromatic carbocycles. The third-order valence-corrected chi connectivity index (χ3v) is 1.88. The van der Waals surface area contributed by atoms with Crippen molar-refractivity contribution in [3.63, 3.8) is 0 Å². The van der Waals surface area contributed by atoms with Crippen molar-refractivity contribution in [2.45, 2.75) is 13.0 Å². The molecule has 1 unspecified atom stereocenters. The van der Waals surface area contributed by atoms with E-state index in [-0.39, 0.29) is 18.3 Å². The first kappa shape index (κ1) is 12.4. The molecular formula is C11H15FN2O2. The van der Waals surface area contributed by atoms with Crippen molar-refractivity contribution < 1.29 is 13.9 Å². The van der Waals surface area contributed by atoms with Crippen LogP contribution in [-0.4, -0.2) is 25.1 Å². The van der Waals surface area contributed by atoms with Gasteiger partial charge in [0.05, 0.1) is 12.6 Å². The van der Waals surface area contributed by atoms with E-state index < -0.39 is 6.04 Å². The van der Waals surface area contributed by atoms with E-state index in [1.54, 1.807) is 19.1 Å². The monoisotopic (exact) mass is 226 g/mol. The van der Waals surface area contributed by atoms with E-state index in [1.165, 1.54) is 12.1 Å². The Bertz CT molecular complexity index is 356. The molecule has 0 radical (unpaired) electrons. The maximum absolute atomic E-state index is 12.7. The number of nitrogens with one attached hydrogen (secondary N) is 1. The lowest BCUT2D eigenvalue weighted by atomic mass is 10.3. The Morgan fingerprint density at radius 3 is 3.00 bits per heavy atom.